The van der Waals surface area contributed by atoms with Gasteiger partial charge in [-0.15, -0.1) is 0 Å². The average molecular weight is 225 g/mol. The van der Waals surface area contributed by atoms with E-state index in [0.29, 0.717) is 17.4 Å². The average Bonchev–Trinajstić information content (AvgIpc) is 2.22. The van der Waals surface area contributed by atoms with Crippen LogP contribution in [0.15, 0.2) is 18.2 Å². The summed E-state index contributed by atoms with van der Waals surface area (Å²) in [5.74, 6) is -0.270. The molecule has 0 aliphatic carbocycles. The van der Waals surface area contributed by atoms with Crippen molar-refractivity contribution in [3.8, 4) is 0 Å². The number of nitrogens with two attached hydrogens (primary N) is 1. The molecule has 0 bridgehead atoms. The van der Waals surface area contributed by atoms with Crippen molar-refractivity contribution in [1.82, 2.24) is 4.90 Å². The molecule has 0 radical (unpaired) electrons. The van der Waals surface area contributed by atoms with Crippen LogP contribution in [0.2, 0.25) is 0 Å². The van der Waals surface area contributed by atoms with Crippen molar-refractivity contribution in [3.63, 3.8) is 0 Å². The molecule has 3 N–H and O–H groups in total. The van der Waals surface area contributed by atoms with Crippen molar-refractivity contribution in [2.24, 2.45) is 0 Å². The Morgan fingerprint density at radius 2 is 2.12 bits per heavy atom. The molecule has 0 unspecified atom stereocenters. The van der Waals surface area contributed by atoms with Crippen LogP contribution in [-0.2, 0) is 0 Å². The minimum absolute atomic E-state index is 0.270. The second-order valence-corrected chi connectivity index (χ2v) is 4.23. The van der Waals surface area contributed by atoms with Gasteiger partial charge in [0.2, 0.25) is 0 Å². The van der Waals surface area contributed by atoms with Crippen molar-refractivity contribution in [3.05, 3.63) is 24.0 Å². The Bertz CT molecular complexity index is 339. The zero-order chi connectivity index (χ0) is 12.1. The van der Waals surface area contributed by atoms with Crippen LogP contribution in [-0.4, -0.2) is 31.1 Å². The molecule has 0 saturated heterocycles. The number of nitrogens with one attached hydrogen (secondary N) is 1. The Balaban J connectivity index is 2.45. The maximum absolute atomic E-state index is 13.0. The van der Waals surface area contributed by atoms with Gasteiger partial charge in [-0.25, -0.2) is 4.39 Å². The first-order valence-corrected chi connectivity index (χ1v) is 5.50. The van der Waals surface area contributed by atoms with Gasteiger partial charge in [0.1, 0.15) is 5.82 Å². The third-order valence-electron chi connectivity index (χ3n) is 2.68. The maximum atomic E-state index is 13.0. The van der Waals surface area contributed by atoms with E-state index in [0.717, 1.165) is 13.1 Å². The third kappa shape index (κ3) is 3.70. The van der Waals surface area contributed by atoms with E-state index in [9.17, 15) is 4.39 Å². The fraction of sp³-hybridized carbons (Fsp3) is 0.500. The minimum Gasteiger partial charge on any atom is -0.397 e. The van der Waals surface area contributed by atoms with Crippen LogP contribution >= 0.6 is 0 Å². The molecule has 0 aliphatic heterocycles. The second-order valence-electron chi connectivity index (χ2n) is 4.23. The van der Waals surface area contributed by atoms with E-state index in [4.69, 9.17) is 5.73 Å². The molecule has 0 aromatic heterocycles. The molecule has 1 aromatic carbocycles. The summed E-state index contributed by atoms with van der Waals surface area (Å²) in [6.07, 6.45) is 0. The molecular weight excluding hydrogens is 205 g/mol. The predicted octanol–water partition coefficient (Wildman–Crippen LogP) is 2.16. The Labute approximate surface area is 96.4 Å². The Morgan fingerprint density at radius 3 is 2.75 bits per heavy atom. The number of rotatable bonds is 5. The Hall–Kier alpha value is -1.29. The number of benzene rings is 1. The van der Waals surface area contributed by atoms with E-state index in [1.165, 1.54) is 12.1 Å². The Morgan fingerprint density at radius 1 is 1.44 bits per heavy atom. The van der Waals surface area contributed by atoms with Crippen molar-refractivity contribution >= 4 is 11.4 Å². The van der Waals surface area contributed by atoms with Gasteiger partial charge in [0.05, 0.1) is 11.4 Å². The molecule has 4 heteroatoms. The van der Waals surface area contributed by atoms with Crippen LogP contribution in [0.3, 0.4) is 0 Å². The number of hydrogen-bond donors (Lipinski definition) is 2. The molecule has 16 heavy (non-hydrogen) atoms. The van der Waals surface area contributed by atoms with Gasteiger partial charge < -0.3 is 16.0 Å². The summed E-state index contributed by atoms with van der Waals surface area (Å²) in [5.41, 5.74) is 6.96. The zero-order valence-corrected chi connectivity index (χ0v) is 10.1. The highest BCUT2D eigenvalue weighted by Crippen LogP contribution is 2.18. The van der Waals surface area contributed by atoms with Crippen molar-refractivity contribution in [2.75, 3.05) is 31.2 Å². The van der Waals surface area contributed by atoms with Crippen LogP contribution in [0.5, 0.6) is 0 Å². The third-order valence-corrected chi connectivity index (χ3v) is 2.68. The number of halogens is 1. The molecule has 0 heterocycles. The highest BCUT2D eigenvalue weighted by Gasteiger charge is 2.03. The number of nitrogen functional groups attached to an aromatic ring is 1. The van der Waals surface area contributed by atoms with E-state index in [-0.39, 0.29) is 5.82 Å². The standard InChI is InChI=1S/C12H20FN3/c1-9(2)16(3)7-6-15-12-8-10(13)4-5-11(12)14/h4-5,8-9,15H,6-7,14H2,1-3H3. The van der Waals surface area contributed by atoms with Crippen LogP contribution in [0.25, 0.3) is 0 Å². The van der Waals surface area contributed by atoms with E-state index in [1.54, 1.807) is 6.07 Å². The normalized spacial score (nSPS) is 11.1. The molecule has 90 valence electrons. The van der Waals surface area contributed by atoms with E-state index in [1.807, 2.05) is 0 Å². The smallest absolute Gasteiger partial charge is 0.125 e. The molecule has 1 rings (SSSR count). The molecule has 0 atom stereocenters. The van der Waals surface area contributed by atoms with Crippen LogP contribution in [0, 0.1) is 5.82 Å². The predicted molar refractivity (Wildman–Crippen MR) is 67.1 cm³/mol. The summed E-state index contributed by atoms with van der Waals surface area (Å²) < 4.78 is 13.0. The van der Waals surface area contributed by atoms with Crippen LogP contribution in [0.4, 0.5) is 15.8 Å². The highest BCUT2D eigenvalue weighted by molar-refractivity contribution is 5.65. The number of hydrogen-bond acceptors (Lipinski definition) is 3. The summed E-state index contributed by atoms with van der Waals surface area (Å²) in [4.78, 5) is 2.21. The summed E-state index contributed by atoms with van der Waals surface area (Å²) >= 11 is 0. The maximum Gasteiger partial charge on any atom is 0.125 e. The van der Waals surface area contributed by atoms with Crippen LogP contribution < -0.4 is 11.1 Å². The van der Waals surface area contributed by atoms with Gasteiger partial charge in [-0.3, -0.25) is 0 Å². The number of anilines is 2. The summed E-state index contributed by atoms with van der Waals surface area (Å²) in [7, 11) is 2.06. The van der Waals surface area contributed by atoms with E-state index in [2.05, 4.69) is 31.1 Å². The van der Waals surface area contributed by atoms with Gasteiger partial charge in [-0.1, -0.05) is 0 Å². The van der Waals surface area contributed by atoms with Gasteiger partial charge in [0.15, 0.2) is 0 Å². The van der Waals surface area contributed by atoms with Gasteiger partial charge in [-0.05, 0) is 39.1 Å². The first kappa shape index (κ1) is 12.8. The number of nitrogens with zero attached hydrogens (tertiary/aromatic N) is 1. The molecule has 0 aliphatic rings. The fourth-order valence-corrected chi connectivity index (χ4v) is 1.31. The molecule has 0 saturated carbocycles. The topological polar surface area (TPSA) is 41.3 Å². The largest absolute Gasteiger partial charge is 0.397 e. The SMILES string of the molecule is CC(C)N(C)CCNc1cc(F)ccc1N. The lowest BCUT2D eigenvalue weighted by molar-refractivity contribution is 0.284. The molecular formula is C12H20FN3. The summed E-state index contributed by atoms with van der Waals surface area (Å²) in [6.45, 7) is 5.92. The summed E-state index contributed by atoms with van der Waals surface area (Å²) in [5, 5.41) is 3.13. The van der Waals surface area contributed by atoms with Crippen molar-refractivity contribution in [2.45, 2.75) is 19.9 Å². The molecule has 0 fully saturated rings. The lowest BCUT2D eigenvalue weighted by Gasteiger charge is -2.21. The molecule has 1 aromatic rings. The first-order valence-electron chi connectivity index (χ1n) is 5.50. The molecule has 0 spiro atoms. The van der Waals surface area contributed by atoms with E-state index >= 15 is 0 Å². The van der Waals surface area contributed by atoms with Gasteiger partial charge in [-0.2, -0.15) is 0 Å². The lowest BCUT2D eigenvalue weighted by Crippen LogP contribution is -2.31. The van der Waals surface area contributed by atoms with Crippen molar-refractivity contribution in [1.29, 1.82) is 0 Å². The Kier molecular flexibility index (Phi) is 4.55. The fourth-order valence-electron chi connectivity index (χ4n) is 1.31. The summed E-state index contributed by atoms with van der Waals surface area (Å²) in [6, 6.07) is 4.86. The highest BCUT2D eigenvalue weighted by atomic mass is 19.1. The number of likely N-dealkylation sites (N-methyl/N-ethyl adjacent to an activating group) is 1. The molecule has 3 nitrogen and oxygen atoms in total. The minimum atomic E-state index is -0.270. The first-order chi connectivity index (χ1) is 7.50. The lowest BCUT2D eigenvalue weighted by atomic mass is 10.2. The van der Waals surface area contributed by atoms with E-state index < -0.39 is 0 Å². The van der Waals surface area contributed by atoms with Gasteiger partial charge in [0, 0.05) is 19.1 Å². The van der Waals surface area contributed by atoms with Gasteiger partial charge >= 0.3 is 0 Å². The van der Waals surface area contributed by atoms with Crippen LogP contribution in [0.1, 0.15) is 13.8 Å². The monoisotopic (exact) mass is 225 g/mol. The molecule has 0 amide bonds. The van der Waals surface area contributed by atoms with Gasteiger partial charge in [0.25, 0.3) is 0 Å². The second kappa shape index (κ2) is 5.70. The van der Waals surface area contributed by atoms with Crippen molar-refractivity contribution < 1.29 is 4.39 Å². The quantitative estimate of drug-likeness (QED) is 0.754. The zero-order valence-electron chi connectivity index (χ0n) is 10.1.